The Balaban J connectivity index is 1.13. The van der Waals surface area contributed by atoms with E-state index in [1.165, 1.54) is 24.8 Å². The van der Waals surface area contributed by atoms with Crippen LogP contribution >= 0.6 is 0 Å². The van der Waals surface area contributed by atoms with Crippen molar-refractivity contribution in [2.24, 2.45) is 34.5 Å². The van der Waals surface area contributed by atoms with Gasteiger partial charge in [0, 0.05) is 24.8 Å². The first-order valence-corrected chi connectivity index (χ1v) is 15.5. The van der Waals surface area contributed by atoms with Crippen LogP contribution in [0.25, 0.3) is 0 Å². The van der Waals surface area contributed by atoms with Crippen molar-refractivity contribution in [3.63, 3.8) is 0 Å². The zero-order valence-electron chi connectivity index (χ0n) is 23.9. The number of hydrogen-bond acceptors (Lipinski definition) is 6. The molecule has 0 bridgehead atoms. The summed E-state index contributed by atoms with van der Waals surface area (Å²) in [6.45, 7) is 4.61. The Morgan fingerprint density at radius 1 is 0.949 bits per heavy atom. The van der Waals surface area contributed by atoms with E-state index in [0.29, 0.717) is 37.1 Å². The molecule has 5 aliphatic carbocycles. The predicted molar refractivity (Wildman–Crippen MR) is 146 cm³/mol. The van der Waals surface area contributed by atoms with Crippen molar-refractivity contribution in [1.29, 1.82) is 0 Å². The van der Waals surface area contributed by atoms with Crippen molar-refractivity contribution in [3.8, 4) is 0 Å². The Morgan fingerprint density at radius 3 is 2.46 bits per heavy atom. The lowest BCUT2D eigenvalue weighted by molar-refractivity contribution is -0.170. The van der Waals surface area contributed by atoms with Gasteiger partial charge in [-0.25, -0.2) is 0 Å². The van der Waals surface area contributed by atoms with Crippen molar-refractivity contribution < 1.29 is 29.0 Å². The van der Waals surface area contributed by atoms with Crippen LogP contribution in [0.1, 0.15) is 110 Å². The van der Waals surface area contributed by atoms with E-state index in [4.69, 9.17) is 4.74 Å². The topological polar surface area (TPSA) is 110 Å². The van der Waals surface area contributed by atoms with Crippen LogP contribution < -0.4 is 5.32 Å². The van der Waals surface area contributed by atoms with Crippen LogP contribution in [-0.2, 0) is 23.9 Å². The number of esters is 1. The number of carbonyl (C=O) groups excluding carboxylic acids is 4. The Morgan fingerprint density at radius 2 is 1.69 bits per heavy atom. The molecule has 5 rings (SSSR count). The number of hydrogen-bond donors (Lipinski definition) is 2. The summed E-state index contributed by atoms with van der Waals surface area (Å²) < 4.78 is 5.29. The lowest BCUT2D eigenvalue weighted by Crippen LogP contribution is -2.58. The molecule has 0 unspecified atom stereocenters. The predicted octanol–water partition coefficient (Wildman–Crippen LogP) is 4.84. The molecular formula is C32H47NO6. The molecule has 4 fully saturated rings. The first-order valence-electron chi connectivity index (χ1n) is 15.5. The summed E-state index contributed by atoms with van der Waals surface area (Å²) in [5, 5.41) is 14.7. The van der Waals surface area contributed by atoms with E-state index in [1.54, 1.807) is 0 Å². The van der Waals surface area contributed by atoms with E-state index < -0.39 is 29.4 Å². The van der Waals surface area contributed by atoms with Gasteiger partial charge in [-0.2, -0.15) is 0 Å². The second kappa shape index (κ2) is 11.1. The van der Waals surface area contributed by atoms with Gasteiger partial charge >= 0.3 is 5.97 Å². The monoisotopic (exact) mass is 541 g/mol. The number of amides is 1. The molecule has 7 nitrogen and oxygen atoms in total. The van der Waals surface area contributed by atoms with Gasteiger partial charge in [0.1, 0.15) is 5.60 Å². The average Bonchev–Trinajstić information content (AvgIpc) is 3.21. The average molecular weight is 542 g/mol. The molecule has 7 heteroatoms. The number of allylic oxidation sites excluding steroid dienone is 1. The molecule has 0 radical (unpaired) electrons. The highest BCUT2D eigenvalue weighted by Crippen LogP contribution is 2.67. The maximum absolute atomic E-state index is 13.4. The highest BCUT2D eigenvalue weighted by Gasteiger charge is 2.66. The summed E-state index contributed by atoms with van der Waals surface area (Å²) in [4.78, 5) is 50.0. The van der Waals surface area contributed by atoms with Gasteiger partial charge in [-0.05, 0) is 93.0 Å². The Bertz CT molecular complexity index is 1030. The van der Waals surface area contributed by atoms with E-state index in [0.717, 1.165) is 51.4 Å². The first kappa shape index (κ1) is 28.5. The Kier molecular flexibility index (Phi) is 8.11. The second-order valence-corrected chi connectivity index (χ2v) is 13.7. The van der Waals surface area contributed by atoms with Crippen LogP contribution in [0.4, 0.5) is 0 Å². The van der Waals surface area contributed by atoms with E-state index in [2.05, 4.69) is 19.2 Å². The zero-order valence-corrected chi connectivity index (χ0v) is 23.9. The van der Waals surface area contributed by atoms with Crippen molar-refractivity contribution in [2.75, 3.05) is 13.2 Å². The summed E-state index contributed by atoms with van der Waals surface area (Å²) >= 11 is 0. The fraction of sp³-hybridized carbons (Fsp3) is 0.812. The quantitative estimate of drug-likeness (QED) is 0.426. The lowest BCUT2D eigenvalue weighted by atomic mass is 9.46. The molecule has 0 spiro atoms. The minimum atomic E-state index is -1.50. The molecular weight excluding hydrogens is 494 g/mol. The minimum absolute atomic E-state index is 0.0428. The fourth-order valence-corrected chi connectivity index (χ4v) is 9.32. The van der Waals surface area contributed by atoms with Gasteiger partial charge in [0.15, 0.2) is 12.4 Å². The SMILES string of the molecule is C[C@]12CCC(=O)C=C1CC[C@H]1[C@H]2CC[C@@]2(C)[C@H]1CC[C@]2(O)C(=O)COC(=O)CCC(=O)NCC1CCCCC1. The van der Waals surface area contributed by atoms with Gasteiger partial charge < -0.3 is 15.2 Å². The van der Waals surface area contributed by atoms with E-state index in [9.17, 15) is 24.3 Å². The molecule has 216 valence electrons. The maximum Gasteiger partial charge on any atom is 0.306 e. The molecule has 0 aromatic heterocycles. The number of Topliss-reactive ketones (excluding diaryl/α,β-unsaturated/α-hetero) is 1. The molecule has 1 amide bonds. The number of nitrogens with one attached hydrogen (secondary N) is 1. The smallest absolute Gasteiger partial charge is 0.306 e. The highest BCUT2D eigenvalue weighted by atomic mass is 16.5. The first-order chi connectivity index (χ1) is 18.6. The lowest BCUT2D eigenvalue weighted by Gasteiger charge is -2.58. The maximum atomic E-state index is 13.4. The molecule has 0 heterocycles. The summed E-state index contributed by atoms with van der Waals surface area (Å²) in [5.41, 5.74) is -0.692. The van der Waals surface area contributed by atoms with E-state index in [1.807, 2.05) is 6.08 Å². The van der Waals surface area contributed by atoms with Crippen molar-refractivity contribution >= 4 is 23.4 Å². The molecule has 0 saturated heterocycles. The van der Waals surface area contributed by atoms with Crippen LogP contribution in [0.3, 0.4) is 0 Å². The van der Waals surface area contributed by atoms with Crippen LogP contribution in [0.5, 0.6) is 0 Å². The normalized spacial score (nSPS) is 38.2. The minimum Gasteiger partial charge on any atom is -0.458 e. The second-order valence-electron chi connectivity index (χ2n) is 13.7. The molecule has 5 aliphatic rings. The number of ether oxygens (including phenoxy) is 1. The summed E-state index contributed by atoms with van der Waals surface area (Å²) in [6, 6.07) is 0. The standard InChI is InChI=1S/C32H47NO6/c1-30-15-12-23(34)18-22(30)8-9-24-25(30)13-16-31(2)26(24)14-17-32(31,38)27(35)20-39-29(37)11-10-28(36)33-19-21-6-4-3-5-7-21/h18,21,24-26,38H,3-17,19-20H2,1-2H3,(H,33,36)/t24-,25+,26-,30-,31-,32-/m0/s1. The largest absolute Gasteiger partial charge is 0.458 e. The molecule has 39 heavy (non-hydrogen) atoms. The van der Waals surface area contributed by atoms with E-state index >= 15 is 0 Å². The number of aliphatic hydroxyl groups is 1. The van der Waals surface area contributed by atoms with Crippen molar-refractivity contribution in [2.45, 2.75) is 116 Å². The molecule has 2 N–H and O–H groups in total. The van der Waals surface area contributed by atoms with Crippen molar-refractivity contribution in [3.05, 3.63) is 11.6 Å². The third-order valence-electron chi connectivity index (χ3n) is 11.8. The molecule has 4 saturated carbocycles. The molecule has 6 atom stereocenters. The van der Waals surface area contributed by atoms with Gasteiger partial charge in [0.2, 0.25) is 11.7 Å². The number of carbonyl (C=O) groups is 4. The molecule has 0 aromatic rings. The van der Waals surface area contributed by atoms with Crippen LogP contribution in [0.15, 0.2) is 11.6 Å². The number of rotatable bonds is 8. The van der Waals surface area contributed by atoms with Gasteiger partial charge in [-0.3, -0.25) is 19.2 Å². The van der Waals surface area contributed by atoms with Gasteiger partial charge in [-0.1, -0.05) is 38.7 Å². The third kappa shape index (κ3) is 5.25. The molecule has 0 aliphatic heterocycles. The summed E-state index contributed by atoms with van der Waals surface area (Å²) in [5.74, 6) is 0.774. The van der Waals surface area contributed by atoms with Crippen LogP contribution in [-0.4, -0.2) is 47.3 Å². The Labute approximate surface area is 232 Å². The fourth-order valence-electron chi connectivity index (χ4n) is 9.32. The highest BCUT2D eigenvalue weighted by molar-refractivity contribution is 5.92. The van der Waals surface area contributed by atoms with Crippen LogP contribution in [0, 0.1) is 34.5 Å². The van der Waals surface area contributed by atoms with Crippen LogP contribution in [0.2, 0.25) is 0 Å². The van der Waals surface area contributed by atoms with Gasteiger partial charge in [-0.15, -0.1) is 0 Å². The zero-order chi connectivity index (χ0) is 27.8. The van der Waals surface area contributed by atoms with Crippen molar-refractivity contribution in [1.82, 2.24) is 5.32 Å². The van der Waals surface area contributed by atoms with Gasteiger partial charge in [0.25, 0.3) is 0 Å². The number of ketones is 2. The summed E-state index contributed by atoms with van der Waals surface area (Å²) in [7, 11) is 0. The number of fused-ring (bicyclic) bond motifs is 5. The Hall–Kier alpha value is -2.02. The third-order valence-corrected chi connectivity index (χ3v) is 11.8. The molecule has 0 aromatic carbocycles. The summed E-state index contributed by atoms with van der Waals surface area (Å²) in [6.07, 6.45) is 14.2. The van der Waals surface area contributed by atoms with E-state index in [-0.39, 0.29) is 35.9 Å². The van der Waals surface area contributed by atoms with Gasteiger partial charge in [0.05, 0.1) is 6.42 Å².